The minimum atomic E-state index is -0.838. The fraction of sp³-hybridized carbons (Fsp3) is 0.467. The molecule has 1 fully saturated rings. The van der Waals surface area contributed by atoms with Crippen molar-refractivity contribution in [1.29, 1.82) is 0 Å². The Labute approximate surface area is 127 Å². The van der Waals surface area contributed by atoms with Gasteiger partial charge in [0.25, 0.3) is 0 Å². The number of nitrogens with one attached hydrogen (secondary N) is 1. The van der Waals surface area contributed by atoms with Crippen molar-refractivity contribution in [3.8, 4) is 0 Å². The van der Waals surface area contributed by atoms with E-state index in [1.54, 1.807) is 6.21 Å². The second-order valence-electron chi connectivity index (χ2n) is 5.31. The Bertz CT molecular complexity index is 479. The van der Waals surface area contributed by atoms with Gasteiger partial charge in [0.2, 0.25) is 5.91 Å². The van der Waals surface area contributed by atoms with E-state index in [-0.39, 0.29) is 12.3 Å². The van der Waals surface area contributed by atoms with Gasteiger partial charge in [-0.3, -0.25) is 4.79 Å². The molecule has 0 aliphatic heterocycles. The number of carbonyl (C=O) groups is 1. The zero-order valence-corrected chi connectivity index (χ0v) is 12.9. The van der Waals surface area contributed by atoms with E-state index < -0.39 is 5.60 Å². The summed E-state index contributed by atoms with van der Waals surface area (Å²) in [4.78, 5) is 11.8. The van der Waals surface area contributed by atoms with Gasteiger partial charge in [-0.1, -0.05) is 47.3 Å². The molecule has 0 atom stereocenters. The van der Waals surface area contributed by atoms with Gasteiger partial charge < -0.3 is 5.11 Å². The molecular formula is C15H19BrN2O2. The molecule has 20 heavy (non-hydrogen) atoms. The smallest absolute Gasteiger partial charge is 0.242 e. The van der Waals surface area contributed by atoms with Crippen LogP contribution in [0.2, 0.25) is 0 Å². The van der Waals surface area contributed by atoms with Crippen LogP contribution in [0.1, 0.15) is 44.1 Å². The molecular weight excluding hydrogens is 320 g/mol. The number of carbonyl (C=O) groups excluding carboxylic acids is 1. The van der Waals surface area contributed by atoms with Crippen LogP contribution in [0, 0.1) is 0 Å². The number of nitrogens with zero attached hydrogens (tertiary/aromatic N) is 1. The van der Waals surface area contributed by atoms with E-state index in [4.69, 9.17) is 0 Å². The molecule has 108 valence electrons. The first kappa shape index (κ1) is 15.2. The number of benzene rings is 1. The number of halogens is 1. The molecule has 0 radical (unpaired) electrons. The highest BCUT2D eigenvalue weighted by Gasteiger charge is 2.31. The molecule has 1 aliphatic rings. The van der Waals surface area contributed by atoms with Crippen molar-refractivity contribution in [2.24, 2.45) is 5.10 Å². The highest BCUT2D eigenvalue weighted by Crippen LogP contribution is 2.30. The van der Waals surface area contributed by atoms with Crippen molar-refractivity contribution in [2.45, 2.75) is 44.1 Å². The van der Waals surface area contributed by atoms with E-state index >= 15 is 0 Å². The van der Waals surface area contributed by atoms with Gasteiger partial charge in [0, 0.05) is 4.47 Å². The predicted molar refractivity (Wildman–Crippen MR) is 82.5 cm³/mol. The first-order valence-electron chi connectivity index (χ1n) is 6.87. The summed E-state index contributed by atoms with van der Waals surface area (Å²) in [6.45, 7) is 0. The van der Waals surface area contributed by atoms with Crippen molar-refractivity contribution in [3.05, 3.63) is 34.3 Å². The van der Waals surface area contributed by atoms with Crippen LogP contribution in [0.4, 0.5) is 0 Å². The summed E-state index contributed by atoms with van der Waals surface area (Å²) < 4.78 is 0.998. The second-order valence-corrected chi connectivity index (χ2v) is 6.22. The molecule has 5 heteroatoms. The third-order valence-electron chi connectivity index (χ3n) is 3.55. The lowest BCUT2D eigenvalue weighted by atomic mass is 9.82. The van der Waals surface area contributed by atoms with Gasteiger partial charge >= 0.3 is 0 Å². The molecule has 1 aliphatic carbocycles. The predicted octanol–water partition coefficient (Wildman–Crippen LogP) is 2.98. The molecule has 0 saturated heterocycles. The average Bonchev–Trinajstić information content (AvgIpc) is 2.41. The van der Waals surface area contributed by atoms with Crippen LogP contribution in [0.3, 0.4) is 0 Å². The Morgan fingerprint density at radius 3 is 2.60 bits per heavy atom. The number of aliphatic hydroxyl groups is 1. The Morgan fingerprint density at radius 1 is 1.30 bits per heavy atom. The van der Waals surface area contributed by atoms with Crippen molar-refractivity contribution in [3.63, 3.8) is 0 Å². The van der Waals surface area contributed by atoms with Gasteiger partial charge in [-0.15, -0.1) is 0 Å². The fourth-order valence-electron chi connectivity index (χ4n) is 2.45. The summed E-state index contributed by atoms with van der Waals surface area (Å²) in [5, 5.41) is 14.2. The Morgan fingerprint density at radius 2 is 1.95 bits per heavy atom. The molecule has 1 amide bonds. The lowest BCUT2D eigenvalue weighted by molar-refractivity contribution is -0.127. The monoisotopic (exact) mass is 338 g/mol. The van der Waals surface area contributed by atoms with Crippen molar-refractivity contribution < 1.29 is 9.90 Å². The van der Waals surface area contributed by atoms with Crippen LogP contribution in [0.25, 0.3) is 0 Å². The zero-order chi connectivity index (χ0) is 14.4. The molecule has 0 bridgehead atoms. The van der Waals surface area contributed by atoms with Gasteiger partial charge in [0.15, 0.2) is 0 Å². The number of hydrogen-bond acceptors (Lipinski definition) is 3. The molecule has 0 heterocycles. The Balaban J connectivity index is 1.81. The first-order valence-corrected chi connectivity index (χ1v) is 7.67. The van der Waals surface area contributed by atoms with E-state index in [0.29, 0.717) is 12.8 Å². The van der Waals surface area contributed by atoms with Gasteiger partial charge in [-0.05, 0) is 30.5 Å². The summed E-state index contributed by atoms with van der Waals surface area (Å²) in [6, 6.07) is 7.62. The number of rotatable bonds is 4. The van der Waals surface area contributed by atoms with Crippen LogP contribution in [0.5, 0.6) is 0 Å². The molecule has 1 aromatic carbocycles. The van der Waals surface area contributed by atoms with E-state index in [2.05, 4.69) is 26.5 Å². The molecule has 2 N–H and O–H groups in total. The lowest BCUT2D eigenvalue weighted by Gasteiger charge is -2.31. The largest absolute Gasteiger partial charge is 0.389 e. The zero-order valence-electron chi connectivity index (χ0n) is 11.3. The molecule has 1 saturated carbocycles. The topological polar surface area (TPSA) is 61.7 Å². The summed E-state index contributed by atoms with van der Waals surface area (Å²) in [5.41, 5.74) is 2.55. The average molecular weight is 339 g/mol. The van der Waals surface area contributed by atoms with Crippen LogP contribution >= 0.6 is 15.9 Å². The van der Waals surface area contributed by atoms with Gasteiger partial charge in [0.05, 0.1) is 18.2 Å². The first-order chi connectivity index (χ1) is 9.57. The van der Waals surface area contributed by atoms with Gasteiger partial charge in [-0.2, -0.15) is 5.10 Å². The molecule has 4 nitrogen and oxygen atoms in total. The highest BCUT2D eigenvalue weighted by molar-refractivity contribution is 9.10. The number of hydrazone groups is 1. The van der Waals surface area contributed by atoms with Gasteiger partial charge in [-0.25, -0.2) is 5.43 Å². The molecule has 0 aromatic heterocycles. The molecule has 0 spiro atoms. The third kappa shape index (κ3) is 4.72. The van der Waals surface area contributed by atoms with Gasteiger partial charge in [0.1, 0.15) is 0 Å². The minimum absolute atomic E-state index is 0.130. The number of amides is 1. The van der Waals surface area contributed by atoms with Crippen LogP contribution in [-0.2, 0) is 4.79 Å². The Hall–Kier alpha value is -1.20. The van der Waals surface area contributed by atoms with Crippen molar-refractivity contribution in [1.82, 2.24) is 5.43 Å². The molecule has 1 aromatic rings. The van der Waals surface area contributed by atoms with Crippen molar-refractivity contribution in [2.75, 3.05) is 0 Å². The molecule has 2 rings (SSSR count). The maximum Gasteiger partial charge on any atom is 0.242 e. The van der Waals surface area contributed by atoms with Crippen LogP contribution in [-0.4, -0.2) is 22.8 Å². The minimum Gasteiger partial charge on any atom is -0.389 e. The van der Waals surface area contributed by atoms with E-state index in [9.17, 15) is 9.90 Å². The van der Waals surface area contributed by atoms with E-state index in [1.807, 2.05) is 24.3 Å². The fourth-order valence-corrected chi connectivity index (χ4v) is 2.72. The normalized spacial score (nSPS) is 18.1. The SMILES string of the molecule is O=C(CC1(O)CCCCC1)N/N=C/c1ccc(Br)cc1. The van der Waals surface area contributed by atoms with E-state index in [1.165, 1.54) is 0 Å². The third-order valence-corrected chi connectivity index (χ3v) is 4.08. The summed E-state index contributed by atoms with van der Waals surface area (Å²) in [7, 11) is 0. The van der Waals surface area contributed by atoms with Crippen LogP contribution < -0.4 is 5.43 Å². The molecule has 0 unspecified atom stereocenters. The second kappa shape index (κ2) is 6.99. The standard InChI is InChI=1S/C15H19BrN2O2/c16-13-6-4-12(5-7-13)11-17-18-14(19)10-15(20)8-2-1-3-9-15/h4-7,11,20H,1-3,8-10H2,(H,18,19)/b17-11+. The summed E-state index contributed by atoms with van der Waals surface area (Å²) >= 11 is 3.36. The Kier molecular flexibility index (Phi) is 5.31. The maximum absolute atomic E-state index is 11.8. The maximum atomic E-state index is 11.8. The quantitative estimate of drug-likeness (QED) is 0.654. The number of hydrogen-bond donors (Lipinski definition) is 2. The summed E-state index contributed by atoms with van der Waals surface area (Å²) in [6.07, 6.45) is 6.26. The highest BCUT2D eigenvalue weighted by atomic mass is 79.9. The van der Waals surface area contributed by atoms with E-state index in [0.717, 1.165) is 29.3 Å². The lowest BCUT2D eigenvalue weighted by Crippen LogP contribution is -2.37. The summed E-state index contributed by atoms with van der Waals surface area (Å²) in [5.74, 6) is -0.234. The van der Waals surface area contributed by atoms with Crippen molar-refractivity contribution >= 4 is 28.1 Å². The van der Waals surface area contributed by atoms with Crippen LogP contribution in [0.15, 0.2) is 33.8 Å².